The summed E-state index contributed by atoms with van der Waals surface area (Å²) in [6, 6.07) is 9.74. The normalized spacial score (nSPS) is 14.7. The van der Waals surface area contributed by atoms with Gasteiger partial charge in [-0.3, -0.25) is 4.79 Å². The van der Waals surface area contributed by atoms with Crippen LogP contribution in [0.3, 0.4) is 0 Å². The van der Waals surface area contributed by atoms with Crippen molar-refractivity contribution in [1.29, 1.82) is 0 Å². The van der Waals surface area contributed by atoms with Crippen LogP contribution in [0.25, 0.3) is 11.0 Å². The van der Waals surface area contributed by atoms with E-state index in [-0.39, 0.29) is 5.91 Å². The SMILES string of the molecule is CCCn1ncc2c(C(=O)N3CCN(c4cccc(Cl)c4)CC3)cc(C)nc21. The molecule has 0 spiro atoms. The number of carbonyl (C=O) groups excluding carboxylic acids is 1. The zero-order valence-corrected chi connectivity index (χ0v) is 17.0. The fraction of sp³-hybridized carbons (Fsp3) is 0.381. The largest absolute Gasteiger partial charge is 0.368 e. The molecule has 7 heteroatoms. The van der Waals surface area contributed by atoms with Gasteiger partial charge in [0.2, 0.25) is 0 Å². The first-order valence-electron chi connectivity index (χ1n) is 9.69. The van der Waals surface area contributed by atoms with Gasteiger partial charge in [-0.15, -0.1) is 0 Å². The zero-order valence-electron chi connectivity index (χ0n) is 16.2. The average molecular weight is 398 g/mol. The Morgan fingerprint density at radius 1 is 1.18 bits per heavy atom. The Labute approximate surface area is 169 Å². The van der Waals surface area contributed by atoms with E-state index in [1.165, 1.54) is 0 Å². The highest BCUT2D eigenvalue weighted by atomic mass is 35.5. The number of aromatic nitrogens is 3. The third-order valence-corrected chi connectivity index (χ3v) is 5.38. The molecule has 0 atom stereocenters. The molecule has 1 fully saturated rings. The number of halogens is 1. The molecule has 3 aromatic rings. The minimum Gasteiger partial charge on any atom is -0.368 e. The van der Waals surface area contributed by atoms with Crippen molar-refractivity contribution in [2.45, 2.75) is 26.8 Å². The number of amides is 1. The lowest BCUT2D eigenvalue weighted by Crippen LogP contribution is -2.48. The number of rotatable bonds is 4. The lowest BCUT2D eigenvalue weighted by molar-refractivity contribution is 0.0748. The number of anilines is 1. The molecule has 2 aromatic heterocycles. The van der Waals surface area contributed by atoms with Crippen molar-refractivity contribution in [2.75, 3.05) is 31.1 Å². The van der Waals surface area contributed by atoms with E-state index in [4.69, 9.17) is 11.6 Å². The Balaban J connectivity index is 1.54. The second-order valence-electron chi connectivity index (χ2n) is 7.18. The minimum absolute atomic E-state index is 0.0530. The first-order valence-corrected chi connectivity index (χ1v) is 10.1. The van der Waals surface area contributed by atoms with Crippen LogP contribution in [0.15, 0.2) is 36.5 Å². The van der Waals surface area contributed by atoms with Gasteiger partial charge in [-0.25, -0.2) is 9.67 Å². The third kappa shape index (κ3) is 3.56. The molecule has 0 bridgehead atoms. The summed E-state index contributed by atoms with van der Waals surface area (Å²) in [4.78, 5) is 22.1. The zero-order chi connectivity index (χ0) is 19.7. The second-order valence-corrected chi connectivity index (χ2v) is 7.61. The van der Waals surface area contributed by atoms with E-state index >= 15 is 0 Å². The molecule has 0 aliphatic carbocycles. The van der Waals surface area contributed by atoms with Crippen molar-refractivity contribution in [3.8, 4) is 0 Å². The molecular formula is C21H24ClN5O. The molecule has 6 nitrogen and oxygen atoms in total. The summed E-state index contributed by atoms with van der Waals surface area (Å²) in [7, 11) is 0. The minimum atomic E-state index is 0.0530. The number of aryl methyl sites for hydroxylation is 2. The highest BCUT2D eigenvalue weighted by Gasteiger charge is 2.25. The van der Waals surface area contributed by atoms with Crippen molar-refractivity contribution in [3.63, 3.8) is 0 Å². The second kappa shape index (κ2) is 7.80. The molecule has 3 heterocycles. The van der Waals surface area contributed by atoms with Crippen LogP contribution in [0.5, 0.6) is 0 Å². The van der Waals surface area contributed by atoms with Crippen LogP contribution in [0.2, 0.25) is 5.02 Å². The highest BCUT2D eigenvalue weighted by molar-refractivity contribution is 6.30. The number of piperazine rings is 1. The molecule has 0 unspecified atom stereocenters. The molecule has 1 aliphatic heterocycles. The Morgan fingerprint density at radius 2 is 1.96 bits per heavy atom. The van der Waals surface area contributed by atoms with Gasteiger partial charge in [0.15, 0.2) is 5.65 Å². The number of fused-ring (bicyclic) bond motifs is 1. The number of hydrogen-bond donors (Lipinski definition) is 0. The van der Waals surface area contributed by atoms with Gasteiger partial charge in [0.05, 0.1) is 17.1 Å². The Bertz CT molecular complexity index is 1010. The Hall–Kier alpha value is -2.60. The fourth-order valence-corrected chi connectivity index (χ4v) is 3.92. The molecule has 1 saturated heterocycles. The molecular weight excluding hydrogens is 374 g/mol. The summed E-state index contributed by atoms with van der Waals surface area (Å²) in [5.41, 5.74) is 3.43. The van der Waals surface area contributed by atoms with Gasteiger partial charge in [-0.2, -0.15) is 5.10 Å². The van der Waals surface area contributed by atoms with Crippen LogP contribution in [-0.2, 0) is 6.54 Å². The van der Waals surface area contributed by atoms with Gasteiger partial charge >= 0.3 is 0 Å². The van der Waals surface area contributed by atoms with Crippen LogP contribution < -0.4 is 4.90 Å². The lowest BCUT2D eigenvalue weighted by Gasteiger charge is -2.36. The number of benzene rings is 1. The van der Waals surface area contributed by atoms with Crippen molar-refractivity contribution >= 4 is 34.2 Å². The van der Waals surface area contributed by atoms with Crippen molar-refractivity contribution < 1.29 is 4.79 Å². The van der Waals surface area contributed by atoms with Crippen LogP contribution in [-0.4, -0.2) is 51.8 Å². The van der Waals surface area contributed by atoms with Crippen LogP contribution in [0.4, 0.5) is 5.69 Å². The van der Waals surface area contributed by atoms with E-state index < -0.39 is 0 Å². The summed E-state index contributed by atoms with van der Waals surface area (Å²) >= 11 is 6.11. The Kier molecular flexibility index (Phi) is 5.22. The number of carbonyl (C=O) groups is 1. The topological polar surface area (TPSA) is 54.3 Å². The quantitative estimate of drug-likeness (QED) is 0.672. The van der Waals surface area contributed by atoms with E-state index in [2.05, 4.69) is 28.0 Å². The maximum absolute atomic E-state index is 13.3. The molecule has 1 amide bonds. The molecule has 0 N–H and O–H groups in total. The van der Waals surface area contributed by atoms with Crippen molar-refractivity contribution in [1.82, 2.24) is 19.7 Å². The van der Waals surface area contributed by atoms with Crippen LogP contribution in [0, 0.1) is 6.92 Å². The lowest BCUT2D eigenvalue weighted by atomic mass is 10.1. The molecule has 146 valence electrons. The Morgan fingerprint density at radius 3 is 2.68 bits per heavy atom. The van der Waals surface area contributed by atoms with Gasteiger partial charge in [0, 0.05) is 49.1 Å². The average Bonchev–Trinajstić information content (AvgIpc) is 3.10. The molecule has 0 saturated carbocycles. The number of nitrogens with zero attached hydrogens (tertiary/aromatic N) is 5. The smallest absolute Gasteiger partial charge is 0.254 e. The molecule has 1 aromatic carbocycles. The van der Waals surface area contributed by atoms with E-state index in [1.807, 2.05) is 40.8 Å². The van der Waals surface area contributed by atoms with Crippen molar-refractivity contribution in [3.05, 3.63) is 52.8 Å². The van der Waals surface area contributed by atoms with Crippen LogP contribution in [0.1, 0.15) is 29.4 Å². The first-order chi connectivity index (χ1) is 13.6. The molecule has 4 rings (SSSR count). The van der Waals surface area contributed by atoms with Crippen molar-refractivity contribution in [2.24, 2.45) is 0 Å². The van der Waals surface area contributed by atoms with Gasteiger partial charge < -0.3 is 9.80 Å². The molecule has 28 heavy (non-hydrogen) atoms. The van der Waals surface area contributed by atoms with Gasteiger partial charge in [-0.1, -0.05) is 24.6 Å². The van der Waals surface area contributed by atoms with Gasteiger partial charge in [-0.05, 0) is 37.6 Å². The fourth-order valence-electron chi connectivity index (χ4n) is 3.74. The monoisotopic (exact) mass is 397 g/mol. The third-order valence-electron chi connectivity index (χ3n) is 5.14. The standard InChI is InChI=1S/C21H24ClN5O/c1-3-7-27-20-19(14-23-27)18(12-15(2)24-20)21(28)26-10-8-25(9-11-26)17-6-4-5-16(22)13-17/h4-6,12-14H,3,7-11H2,1-2H3. The van der Waals surface area contributed by atoms with E-state index in [0.717, 1.165) is 53.5 Å². The summed E-state index contributed by atoms with van der Waals surface area (Å²) in [6.45, 7) is 7.76. The maximum atomic E-state index is 13.3. The summed E-state index contributed by atoms with van der Waals surface area (Å²) < 4.78 is 1.89. The molecule has 1 aliphatic rings. The van der Waals surface area contributed by atoms with Gasteiger partial charge in [0.1, 0.15) is 0 Å². The van der Waals surface area contributed by atoms with Crippen LogP contribution >= 0.6 is 11.6 Å². The summed E-state index contributed by atoms with van der Waals surface area (Å²) in [5.74, 6) is 0.0530. The predicted octanol–water partition coefficient (Wildman–Crippen LogP) is 3.77. The molecule has 0 radical (unpaired) electrons. The van der Waals surface area contributed by atoms with E-state index in [0.29, 0.717) is 18.7 Å². The predicted molar refractivity (Wildman–Crippen MR) is 112 cm³/mol. The van der Waals surface area contributed by atoms with Gasteiger partial charge in [0.25, 0.3) is 5.91 Å². The number of pyridine rings is 1. The summed E-state index contributed by atoms with van der Waals surface area (Å²) in [5, 5.41) is 6.00. The summed E-state index contributed by atoms with van der Waals surface area (Å²) in [6.07, 6.45) is 2.74. The van der Waals surface area contributed by atoms with E-state index in [1.54, 1.807) is 6.20 Å². The number of hydrogen-bond acceptors (Lipinski definition) is 4. The van der Waals surface area contributed by atoms with E-state index in [9.17, 15) is 4.79 Å². The highest BCUT2D eigenvalue weighted by Crippen LogP contribution is 2.23. The first kappa shape index (κ1) is 18.7. The maximum Gasteiger partial charge on any atom is 0.254 e.